The number of nitro benzene ring substituents is 1. The summed E-state index contributed by atoms with van der Waals surface area (Å²) in [5, 5.41) is 13.9. The SMILES string of the molecule is COC(C)CNc1cccc(S(C)(=O)=O)c1[N+](=O)[O-]. The van der Waals surface area contributed by atoms with Crippen LogP contribution >= 0.6 is 0 Å². The Hall–Kier alpha value is -1.67. The van der Waals surface area contributed by atoms with Gasteiger partial charge in [-0.2, -0.15) is 0 Å². The van der Waals surface area contributed by atoms with Gasteiger partial charge in [0.05, 0.1) is 11.0 Å². The number of nitro groups is 1. The maximum atomic E-state index is 11.5. The highest BCUT2D eigenvalue weighted by Gasteiger charge is 2.26. The molecule has 1 N–H and O–H groups in total. The molecule has 1 aromatic rings. The van der Waals surface area contributed by atoms with Crippen LogP contribution in [-0.2, 0) is 14.6 Å². The van der Waals surface area contributed by atoms with Crippen molar-refractivity contribution < 1.29 is 18.1 Å². The van der Waals surface area contributed by atoms with Gasteiger partial charge in [0.2, 0.25) is 0 Å². The summed E-state index contributed by atoms with van der Waals surface area (Å²) in [6.45, 7) is 2.13. The van der Waals surface area contributed by atoms with Gasteiger partial charge in [-0.15, -0.1) is 0 Å². The second-order valence-corrected chi connectivity index (χ2v) is 6.09. The van der Waals surface area contributed by atoms with Crippen molar-refractivity contribution >= 4 is 21.2 Å². The Morgan fingerprint density at radius 3 is 2.58 bits per heavy atom. The summed E-state index contributed by atoms with van der Waals surface area (Å²) < 4.78 is 28.1. The standard InChI is InChI=1S/C11H16N2O5S/c1-8(18-2)7-12-9-5-4-6-10(19(3,16)17)11(9)13(14)15/h4-6,8,12H,7H2,1-3H3. The first-order valence-electron chi connectivity index (χ1n) is 5.51. The Balaban J connectivity index is 3.22. The summed E-state index contributed by atoms with van der Waals surface area (Å²) in [6.07, 6.45) is 0.790. The summed E-state index contributed by atoms with van der Waals surface area (Å²) in [5.74, 6) is 0. The van der Waals surface area contributed by atoms with Gasteiger partial charge < -0.3 is 10.1 Å². The number of nitrogens with one attached hydrogen (secondary N) is 1. The van der Waals surface area contributed by atoms with Gasteiger partial charge in [0.25, 0.3) is 0 Å². The van der Waals surface area contributed by atoms with Crippen molar-refractivity contribution in [2.24, 2.45) is 0 Å². The molecule has 1 aromatic carbocycles. The maximum absolute atomic E-state index is 11.5. The molecule has 0 fully saturated rings. The smallest absolute Gasteiger partial charge is 0.310 e. The van der Waals surface area contributed by atoms with Crippen LogP contribution in [0.15, 0.2) is 23.1 Å². The number of benzene rings is 1. The molecule has 1 atom stereocenters. The van der Waals surface area contributed by atoms with Crippen LogP contribution in [0.5, 0.6) is 0 Å². The number of para-hydroxylation sites is 1. The highest BCUT2D eigenvalue weighted by Crippen LogP contribution is 2.31. The van der Waals surface area contributed by atoms with E-state index in [1.807, 2.05) is 0 Å². The van der Waals surface area contributed by atoms with Gasteiger partial charge in [-0.25, -0.2) is 8.42 Å². The molecule has 0 heterocycles. The van der Waals surface area contributed by atoms with E-state index < -0.39 is 20.4 Å². The minimum Gasteiger partial charge on any atom is -0.380 e. The molecule has 0 saturated carbocycles. The van der Waals surface area contributed by atoms with Crippen LogP contribution in [-0.4, -0.2) is 39.4 Å². The Labute approximate surface area is 111 Å². The molecule has 7 nitrogen and oxygen atoms in total. The van der Waals surface area contributed by atoms with Crippen LogP contribution < -0.4 is 5.32 Å². The van der Waals surface area contributed by atoms with Gasteiger partial charge >= 0.3 is 5.69 Å². The molecule has 0 saturated heterocycles. The summed E-state index contributed by atoms with van der Waals surface area (Å²) in [7, 11) is -2.14. The van der Waals surface area contributed by atoms with Crippen molar-refractivity contribution in [3.8, 4) is 0 Å². The second kappa shape index (κ2) is 5.98. The number of hydrogen-bond donors (Lipinski definition) is 1. The fourth-order valence-electron chi connectivity index (χ4n) is 1.49. The third-order valence-electron chi connectivity index (χ3n) is 2.56. The van der Waals surface area contributed by atoms with E-state index in [1.54, 1.807) is 6.92 Å². The normalized spacial score (nSPS) is 13.0. The molecule has 0 radical (unpaired) electrons. The van der Waals surface area contributed by atoms with E-state index in [1.165, 1.54) is 25.3 Å². The zero-order valence-corrected chi connectivity index (χ0v) is 11.7. The molecular weight excluding hydrogens is 272 g/mol. The first-order valence-corrected chi connectivity index (χ1v) is 7.40. The van der Waals surface area contributed by atoms with E-state index in [-0.39, 0.29) is 16.7 Å². The zero-order valence-electron chi connectivity index (χ0n) is 10.9. The van der Waals surface area contributed by atoms with Crippen LogP contribution in [0.4, 0.5) is 11.4 Å². The summed E-state index contributed by atoms with van der Waals surface area (Å²) >= 11 is 0. The lowest BCUT2D eigenvalue weighted by atomic mass is 10.2. The van der Waals surface area contributed by atoms with Crippen molar-refractivity contribution in [2.45, 2.75) is 17.9 Å². The lowest BCUT2D eigenvalue weighted by Gasteiger charge is -2.13. The number of methoxy groups -OCH3 is 1. The molecule has 0 bridgehead atoms. The topological polar surface area (TPSA) is 98.5 Å². The average molecular weight is 288 g/mol. The number of rotatable bonds is 6. The molecule has 0 aliphatic heterocycles. The van der Waals surface area contributed by atoms with Gasteiger partial charge in [0.1, 0.15) is 10.6 Å². The molecule has 0 amide bonds. The Morgan fingerprint density at radius 1 is 1.47 bits per heavy atom. The molecule has 19 heavy (non-hydrogen) atoms. The van der Waals surface area contributed by atoms with Crippen LogP contribution in [0.1, 0.15) is 6.92 Å². The van der Waals surface area contributed by atoms with Gasteiger partial charge in [-0.1, -0.05) is 6.07 Å². The van der Waals surface area contributed by atoms with Crippen LogP contribution in [0.3, 0.4) is 0 Å². The van der Waals surface area contributed by atoms with Gasteiger partial charge in [0.15, 0.2) is 9.84 Å². The van der Waals surface area contributed by atoms with Crippen molar-refractivity contribution in [1.29, 1.82) is 0 Å². The third kappa shape index (κ3) is 3.90. The lowest BCUT2D eigenvalue weighted by Crippen LogP contribution is -2.19. The van der Waals surface area contributed by atoms with E-state index in [4.69, 9.17) is 4.74 Å². The van der Waals surface area contributed by atoms with Gasteiger partial charge in [-0.3, -0.25) is 10.1 Å². The van der Waals surface area contributed by atoms with Crippen LogP contribution in [0.2, 0.25) is 0 Å². The quantitative estimate of drug-likeness (QED) is 0.628. The highest BCUT2D eigenvalue weighted by atomic mass is 32.2. The fourth-order valence-corrected chi connectivity index (χ4v) is 2.35. The van der Waals surface area contributed by atoms with E-state index in [0.29, 0.717) is 6.54 Å². The molecule has 106 valence electrons. The predicted molar refractivity (Wildman–Crippen MR) is 71.2 cm³/mol. The minimum atomic E-state index is -3.66. The van der Waals surface area contributed by atoms with Crippen molar-refractivity contribution in [1.82, 2.24) is 0 Å². The zero-order chi connectivity index (χ0) is 14.6. The second-order valence-electron chi connectivity index (χ2n) is 4.11. The number of ether oxygens (including phenoxy) is 1. The molecule has 0 aromatic heterocycles. The Morgan fingerprint density at radius 2 is 2.11 bits per heavy atom. The summed E-state index contributed by atoms with van der Waals surface area (Å²) in [6, 6.07) is 4.15. The number of anilines is 1. The molecule has 8 heteroatoms. The Kier molecular flexibility index (Phi) is 4.84. The Bertz CT molecular complexity index is 570. The number of sulfone groups is 1. The molecule has 0 aliphatic carbocycles. The van der Waals surface area contributed by atoms with Crippen molar-refractivity contribution in [2.75, 3.05) is 25.2 Å². The lowest BCUT2D eigenvalue weighted by molar-refractivity contribution is -0.386. The van der Waals surface area contributed by atoms with Crippen LogP contribution in [0.25, 0.3) is 0 Å². The molecular formula is C11H16N2O5S. The van der Waals surface area contributed by atoms with E-state index >= 15 is 0 Å². The van der Waals surface area contributed by atoms with Crippen molar-refractivity contribution in [3.05, 3.63) is 28.3 Å². The van der Waals surface area contributed by atoms with Crippen LogP contribution in [0, 0.1) is 10.1 Å². The third-order valence-corrected chi connectivity index (χ3v) is 3.69. The molecule has 1 rings (SSSR count). The fraction of sp³-hybridized carbons (Fsp3) is 0.455. The predicted octanol–water partition coefficient (Wildman–Crippen LogP) is 1.45. The molecule has 1 unspecified atom stereocenters. The van der Waals surface area contributed by atoms with Crippen molar-refractivity contribution in [3.63, 3.8) is 0 Å². The number of nitrogens with zero attached hydrogens (tertiary/aromatic N) is 1. The average Bonchev–Trinajstić information content (AvgIpc) is 2.34. The largest absolute Gasteiger partial charge is 0.380 e. The first kappa shape index (κ1) is 15.4. The summed E-state index contributed by atoms with van der Waals surface area (Å²) in [5.41, 5.74) is -0.273. The van der Waals surface area contributed by atoms with E-state index in [2.05, 4.69) is 5.32 Å². The minimum absolute atomic E-state index is 0.151. The first-order chi connectivity index (χ1) is 8.77. The van der Waals surface area contributed by atoms with E-state index in [0.717, 1.165) is 6.26 Å². The molecule has 0 aliphatic rings. The van der Waals surface area contributed by atoms with E-state index in [9.17, 15) is 18.5 Å². The number of hydrogen-bond acceptors (Lipinski definition) is 6. The monoisotopic (exact) mass is 288 g/mol. The summed E-state index contributed by atoms with van der Waals surface area (Å²) in [4.78, 5) is 10.1. The van der Waals surface area contributed by atoms with Gasteiger partial charge in [-0.05, 0) is 19.1 Å². The molecule has 0 spiro atoms. The highest BCUT2D eigenvalue weighted by molar-refractivity contribution is 7.90. The van der Waals surface area contributed by atoms with Gasteiger partial charge in [0, 0.05) is 19.9 Å². The maximum Gasteiger partial charge on any atom is 0.310 e.